The number of carbonyl (C=O) groups excluding carboxylic acids is 1. The fraction of sp³-hybridized carbons (Fsp3) is 0.312. The summed E-state index contributed by atoms with van der Waals surface area (Å²) in [4.78, 5) is 18.3. The second-order valence-corrected chi connectivity index (χ2v) is 5.23. The Hall–Kier alpha value is -2.81. The van der Waals surface area contributed by atoms with Gasteiger partial charge >= 0.3 is 0 Å². The number of anilines is 1. The fourth-order valence-electron chi connectivity index (χ4n) is 2.60. The zero-order valence-corrected chi connectivity index (χ0v) is 12.0. The first-order chi connectivity index (χ1) is 10.8. The van der Waals surface area contributed by atoms with Gasteiger partial charge in [0.2, 0.25) is 0 Å². The molecule has 0 atom stereocenters. The van der Waals surface area contributed by atoms with Gasteiger partial charge < -0.3 is 14.6 Å². The van der Waals surface area contributed by atoms with E-state index in [-0.39, 0.29) is 11.9 Å². The third-order valence-electron chi connectivity index (χ3n) is 3.82. The second kappa shape index (κ2) is 6.31. The third kappa shape index (κ3) is 2.93. The maximum absolute atomic E-state index is 12.2. The zero-order valence-electron chi connectivity index (χ0n) is 12.0. The van der Waals surface area contributed by atoms with Gasteiger partial charge in [-0.05, 0) is 31.0 Å². The van der Waals surface area contributed by atoms with E-state index >= 15 is 0 Å². The molecule has 2 aromatic rings. The predicted octanol–water partition coefficient (Wildman–Crippen LogP) is 2.26. The Morgan fingerprint density at radius 2 is 2.23 bits per heavy atom. The second-order valence-electron chi connectivity index (χ2n) is 5.23. The minimum absolute atomic E-state index is 0.00255. The number of rotatable bonds is 3. The summed E-state index contributed by atoms with van der Waals surface area (Å²) in [6.45, 7) is 1.35. The summed E-state index contributed by atoms with van der Waals surface area (Å²) in [5, 5.41) is 12.4. The number of furan rings is 1. The van der Waals surface area contributed by atoms with Crippen LogP contribution in [0, 0.1) is 11.3 Å². The van der Waals surface area contributed by atoms with Crippen molar-refractivity contribution in [3.05, 3.63) is 48.0 Å². The van der Waals surface area contributed by atoms with Crippen LogP contribution >= 0.6 is 0 Å². The van der Waals surface area contributed by atoms with E-state index in [1.165, 1.54) is 12.5 Å². The van der Waals surface area contributed by atoms with E-state index in [1.807, 2.05) is 4.90 Å². The molecule has 0 spiro atoms. The highest BCUT2D eigenvalue weighted by molar-refractivity contribution is 5.93. The Morgan fingerprint density at radius 1 is 1.41 bits per heavy atom. The summed E-state index contributed by atoms with van der Waals surface area (Å²) < 4.78 is 4.95. The van der Waals surface area contributed by atoms with Crippen molar-refractivity contribution in [2.45, 2.75) is 18.9 Å². The molecule has 0 bridgehead atoms. The molecule has 1 aliphatic heterocycles. The molecule has 3 heterocycles. The van der Waals surface area contributed by atoms with Crippen molar-refractivity contribution < 1.29 is 9.21 Å². The van der Waals surface area contributed by atoms with E-state index in [4.69, 9.17) is 9.68 Å². The van der Waals surface area contributed by atoms with E-state index in [9.17, 15) is 4.79 Å². The van der Waals surface area contributed by atoms with Crippen LogP contribution in [0.15, 0.2) is 41.3 Å². The third-order valence-corrected chi connectivity index (χ3v) is 3.82. The molecule has 1 amide bonds. The van der Waals surface area contributed by atoms with E-state index in [1.54, 1.807) is 24.4 Å². The summed E-state index contributed by atoms with van der Waals surface area (Å²) in [5.74, 6) is 0.618. The maximum Gasteiger partial charge on any atom is 0.257 e. The number of aromatic nitrogens is 1. The summed E-state index contributed by atoms with van der Waals surface area (Å²) in [6, 6.07) is 7.52. The normalized spacial score (nSPS) is 15.3. The average molecular weight is 296 g/mol. The van der Waals surface area contributed by atoms with Crippen molar-refractivity contribution in [3.8, 4) is 6.07 Å². The molecular weight excluding hydrogens is 280 g/mol. The lowest BCUT2D eigenvalue weighted by molar-refractivity contribution is 0.0717. The molecule has 0 aromatic carbocycles. The summed E-state index contributed by atoms with van der Waals surface area (Å²) in [7, 11) is 0. The van der Waals surface area contributed by atoms with Crippen LogP contribution in [-0.2, 0) is 0 Å². The van der Waals surface area contributed by atoms with Gasteiger partial charge in [-0.25, -0.2) is 4.98 Å². The van der Waals surface area contributed by atoms with E-state index in [0.29, 0.717) is 30.0 Å². The van der Waals surface area contributed by atoms with Crippen molar-refractivity contribution in [2.75, 3.05) is 18.4 Å². The Labute approximate surface area is 128 Å². The molecule has 1 aliphatic rings. The number of nitriles is 1. The van der Waals surface area contributed by atoms with Crippen LogP contribution < -0.4 is 5.32 Å². The molecule has 2 aromatic heterocycles. The number of carbonyl (C=O) groups is 1. The average Bonchev–Trinajstić information content (AvgIpc) is 3.10. The minimum atomic E-state index is 0.00255. The van der Waals surface area contributed by atoms with Crippen LogP contribution in [0.4, 0.5) is 5.82 Å². The Balaban J connectivity index is 1.58. The van der Waals surface area contributed by atoms with Crippen LogP contribution in [0.3, 0.4) is 0 Å². The molecule has 0 aliphatic carbocycles. The van der Waals surface area contributed by atoms with Gasteiger partial charge in [-0.3, -0.25) is 4.79 Å². The highest BCUT2D eigenvalue weighted by Gasteiger charge is 2.24. The minimum Gasteiger partial charge on any atom is -0.472 e. The predicted molar refractivity (Wildman–Crippen MR) is 80.2 cm³/mol. The highest BCUT2D eigenvalue weighted by Crippen LogP contribution is 2.19. The summed E-state index contributed by atoms with van der Waals surface area (Å²) in [6.07, 6.45) is 6.29. The number of pyridine rings is 1. The van der Waals surface area contributed by atoms with Crippen molar-refractivity contribution in [2.24, 2.45) is 0 Å². The lowest BCUT2D eigenvalue weighted by atomic mass is 10.0. The van der Waals surface area contributed by atoms with E-state index in [2.05, 4.69) is 16.4 Å². The first-order valence-corrected chi connectivity index (χ1v) is 7.21. The van der Waals surface area contributed by atoms with Gasteiger partial charge in [0.15, 0.2) is 0 Å². The summed E-state index contributed by atoms with van der Waals surface area (Å²) >= 11 is 0. The Kier molecular flexibility index (Phi) is 4.05. The fourth-order valence-corrected chi connectivity index (χ4v) is 2.60. The quantitative estimate of drug-likeness (QED) is 0.939. The maximum atomic E-state index is 12.2. The van der Waals surface area contributed by atoms with Crippen LogP contribution in [0.1, 0.15) is 28.8 Å². The molecular formula is C16H16N4O2. The van der Waals surface area contributed by atoms with Crippen molar-refractivity contribution in [1.82, 2.24) is 9.88 Å². The molecule has 1 fully saturated rings. The zero-order chi connectivity index (χ0) is 15.4. The monoisotopic (exact) mass is 296 g/mol. The van der Waals surface area contributed by atoms with Crippen molar-refractivity contribution in [3.63, 3.8) is 0 Å². The molecule has 112 valence electrons. The van der Waals surface area contributed by atoms with Gasteiger partial charge in [0.05, 0.1) is 17.4 Å². The van der Waals surface area contributed by atoms with Gasteiger partial charge in [0.25, 0.3) is 5.91 Å². The molecule has 3 rings (SSSR count). The van der Waals surface area contributed by atoms with Gasteiger partial charge in [0.1, 0.15) is 18.2 Å². The van der Waals surface area contributed by atoms with Crippen molar-refractivity contribution in [1.29, 1.82) is 5.26 Å². The van der Waals surface area contributed by atoms with Gasteiger partial charge in [-0.15, -0.1) is 0 Å². The molecule has 6 heteroatoms. The van der Waals surface area contributed by atoms with Crippen LogP contribution in [0.2, 0.25) is 0 Å². The van der Waals surface area contributed by atoms with E-state index in [0.717, 1.165) is 12.8 Å². The lowest BCUT2D eigenvalue weighted by Gasteiger charge is -2.32. The Bertz CT molecular complexity index is 682. The standard InChI is InChI=1S/C16H16N4O2/c17-10-12-2-1-6-18-15(12)19-14-3-7-20(8-4-14)16(21)13-5-9-22-11-13/h1-2,5-6,9,11,14H,3-4,7-8H2,(H,18,19). The molecule has 1 N–H and O–H groups in total. The first kappa shape index (κ1) is 14.1. The van der Waals surface area contributed by atoms with Crippen LogP contribution in [0.25, 0.3) is 0 Å². The first-order valence-electron chi connectivity index (χ1n) is 7.21. The highest BCUT2D eigenvalue weighted by atomic mass is 16.3. The molecule has 0 radical (unpaired) electrons. The molecule has 0 saturated carbocycles. The largest absolute Gasteiger partial charge is 0.472 e. The number of hydrogen-bond donors (Lipinski definition) is 1. The smallest absolute Gasteiger partial charge is 0.257 e. The number of likely N-dealkylation sites (tertiary alicyclic amines) is 1. The van der Waals surface area contributed by atoms with Crippen LogP contribution in [0.5, 0.6) is 0 Å². The number of hydrogen-bond acceptors (Lipinski definition) is 5. The van der Waals surface area contributed by atoms with Crippen molar-refractivity contribution >= 4 is 11.7 Å². The SMILES string of the molecule is N#Cc1cccnc1NC1CCN(C(=O)c2ccoc2)CC1. The number of nitrogens with zero attached hydrogens (tertiary/aromatic N) is 3. The van der Waals surface area contributed by atoms with E-state index < -0.39 is 0 Å². The van der Waals surface area contributed by atoms with Gasteiger partial charge in [-0.1, -0.05) is 0 Å². The van der Waals surface area contributed by atoms with Gasteiger partial charge in [0, 0.05) is 25.3 Å². The molecule has 22 heavy (non-hydrogen) atoms. The van der Waals surface area contributed by atoms with Crippen LogP contribution in [-0.4, -0.2) is 34.9 Å². The molecule has 6 nitrogen and oxygen atoms in total. The number of amides is 1. The number of piperidine rings is 1. The lowest BCUT2D eigenvalue weighted by Crippen LogP contribution is -2.42. The summed E-state index contributed by atoms with van der Waals surface area (Å²) in [5.41, 5.74) is 1.13. The number of nitrogens with one attached hydrogen (secondary N) is 1. The Morgan fingerprint density at radius 3 is 2.91 bits per heavy atom. The molecule has 1 saturated heterocycles. The van der Waals surface area contributed by atoms with Gasteiger partial charge in [-0.2, -0.15) is 5.26 Å². The topological polar surface area (TPSA) is 82.2 Å². The molecule has 0 unspecified atom stereocenters.